The number of carbonyl (C=O) groups excluding carboxylic acids is 1. The van der Waals surface area contributed by atoms with E-state index in [0.29, 0.717) is 96.9 Å². The van der Waals surface area contributed by atoms with Crippen LogP contribution in [-0.4, -0.2) is 168 Å². The number of aliphatic hydroxyl groups excluding tert-OH is 2. The number of ketones is 1. The molecule has 0 amide bonds. The Kier molecular flexibility index (Phi) is 40.6. The molecule has 6 heterocycles. The van der Waals surface area contributed by atoms with Crippen LogP contribution in [0.4, 0.5) is 39.5 Å². The van der Waals surface area contributed by atoms with Gasteiger partial charge in [-0.3, -0.25) is 9.59 Å². The second kappa shape index (κ2) is 47.7. The molecule has 0 unspecified atom stereocenters. The third kappa shape index (κ3) is 34.0. The summed E-state index contributed by atoms with van der Waals surface area (Å²) in [6.07, 6.45) is 18.6. The molecule has 9 fully saturated rings. The van der Waals surface area contributed by atoms with Crippen molar-refractivity contribution in [2.45, 2.75) is 347 Å². The fourth-order valence-corrected chi connectivity index (χ4v) is 21.9. The molecule has 0 spiro atoms. The molecule has 4 bridgehead atoms. The molecule has 3 aromatic carbocycles. The molecule has 3 aromatic rings. The normalized spacial score (nSPS) is 28.1. The van der Waals surface area contributed by atoms with Crippen molar-refractivity contribution in [2.24, 2.45) is 58.2 Å². The third-order valence-electron chi connectivity index (χ3n) is 29.5. The van der Waals surface area contributed by atoms with E-state index in [-0.39, 0.29) is 140 Å². The van der Waals surface area contributed by atoms with Crippen molar-refractivity contribution < 1.29 is 125 Å². The molecule has 31 heteroatoms. The van der Waals surface area contributed by atoms with Gasteiger partial charge in [-0.05, 0) is 221 Å². The quantitative estimate of drug-likeness (QED) is 0.0208. The fraction of sp³-hybridized carbons (Fsp3) is 0.695. The Morgan fingerprint density at radius 2 is 0.809 bits per heavy atom. The van der Waals surface area contributed by atoms with Gasteiger partial charge in [-0.25, -0.2) is 0 Å². The third-order valence-corrected chi connectivity index (χ3v) is 47.5. The number of aliphatic carboxylic acids is 1. The first-order valence-electron chi connectivity index (χ1n) is 48.8. The van der Waals surface area contributed by atoms with Crippen LogP contribution in [0.1, 0.15) is 224 Å². The molecule has 0 radical (unpaired) electrons. The minimum absolute atomic E-state index is 0.00157. The van der Waals surface area contributed by atoms with E-state index in [9.17, 15) is 59.3 Å². The van der Waals surface area contributed by atoms with Crippen molar-refractivity contribution in [3.8, 4) is 17.2 Å². The lowest BCUT2D eigenvalue weighted by atomic mass is 9.86. The predicted molar refractivity (Wildman–Crippen MR) is 525 cm³/mol. The van der Waals surface area contributed by atoms with Crippen LogP contribution in [0.2, 0.25) is 72.5 Å². The molecular weight excluding hydrogens is 1830 g/mol. The van der Waals surface area contributed by atoms with Gasteiger partial charge in [0.1, 0.15) is 36.2 Å². The van der Waals surface area contributed by atoms with E-state index < -0.39 is 105 Å². The highest BCUT2D eigenvalue weighted by molar-refractivity contribution is 6.75. The van der Waals surface area contributed by atoms with Crippen molar-refractivity contribution in [2.75, 3.05) is 59.5 Å². The molecule has 0 aromatic heterocycles. The number of carbonyl (C=O) groups is 2. The summed E-state index contributed by atoms with van der Waals surface area (Å²) in [5, 5.41) is 30.3. The highest BCUT2D eigenvalue weighted by Crippen LogP contribution is 2.50. The number of allylic oxidation sites excluding steroid dienone is 7. The van der Waals surface area contributed by atoms with Crippen molar-refractivity contribution in [3.63, 3.8) is 0 Å². The second-order valence-corrected chi connectivity index (χ2v) is 64.7. The maximum atomic E-state index is 13.7. The molecule has 6 aliphatic heterocycles. The summed E-state index contributed by atoms with van der Waals surface area (Å²) in [6, 6.07) is 14.7. The Balaban J connectivity index is 0.000000258. The van der Waals surface area contributed by atoms with E-state index in [1.54, 1.807) is 0 Å². The molecule has 136 heavy (non-hydrogen) atoms. The number of aliphatic hydroxyl groups is 2. The largest absolute Gasteiger partial charge is 0.493 e. The second-order valence-electron chi connectivity index (χ2n) is 45.6. The van der Waals surface area contributed by atoms with Crippen LogP contribution in [0.15, 0.2) is 146 Å². The smallest absolute Gasteiger partial charge is 0.416 e. The number of alkyl halides is 9. The zero-order valence-electron chi connectivity index (χ0n) is 85.3. The van der Waals surface area contributed by atoms with Crippen molar-refractivity contribution >= 4 is 45.0 Å². The number of fused-ring (bicyclic) bond motifs is 6. The van der Waals surface area contributed by atoms with Gasteiger partial charge in [0.05, 0.1) is 99.6 Å². The predicted octanol–water partition coefficient (Wildman–Crippen LogP) is 26.9. The van der Waals surface area contributed by atoms with Crippen LogP contribution in [-0.2, 0) is 74.2 Å². The molecule has 3 N–H and O–H groups in total. The molecular formula is C105H161F9O18Si4. The summed E-state index contributed by atoms with van der Waals surface area (Å²) in [5.41, 5.74) is -2.38. The Bertz CT molecular complexity index is 4410. The number of unbranched alkanes of at least 4 members (excludes halogenated alkanes) is 3. The van der Waals surface area contributed by atoms with Crippen molar-refractivity contribution in [1.82, 2.24) is 0 Å². The van der Waals surface area contributed by atoms with Gasteiger partial charge in [-0.15, -0.1) is 0 Å². The van der Waals surface area contributed by atoms with E-state index in [1.165, 1.54) is 36.4 Å². The summed E-state index contributed by atoms with van der Waals surface area (Å²) < 4.78 is 200. The van der Waals surface area contributed by atoms with Gasteiger partial charge in [0.25, 0.3) is 11.9 Å². The number of ether oxygens (including phenoxy) is 9. The molecule has 3 aliphatic carbocycles. The average molecular weight is 1990 g/mol. The lowest BCUT2D eigenvalue weighted by molar-refractivity contribution is -0.467. The lowest BCUT2D eigenvalue weighted by Crippen LogP contribution is -2.58. The molecule has 6 saturated heterocycles. The van der Waals surface area contributed by atoms with Crippen LogP contribution in [0.25, 0.3) is 0 Å². The van der Waals surface area contributed by atoms with E-state index >= 15 is 0 Å². The van der Waals surface area contributed by atoms with Gasteiger partial charge in [-0.2, -0.15) is 39.5 Å². The van der Waals surface area contributed by atoms with Crippen LogP contribution < -0.4 is 14.2 Å². The zero-order valence-corrected chi connectivity index (χ0v) is 89.3. The number of hydrogen-bond acceptors (Lipinski definition) is 17. The van der Waals surface area contributed by atoms with Crippen LogP contribution >= 0.6 is 0 Å². The first-order valence-corrected chi connectivity index (χ1v) is 60.5. The number of benzene rings is 3. The number of carboxylic acids is 1. The number of Topliss-reactive ketones (excluding diaryl/α,β-unsaturated/α-hetero) is 1. The summed E-state index contributed by atoms with van der Waals surface area (Å²) in [6.45, 7) is 56.0. The van der Waals surface area contributed by atoms with Crippen LogP contribution in [0.5, 0.6) is 17.2 Å². The monoisotopic (exact) mass is 1990 g/mol. The summed E-state index contributed by atoms with van der Waals surface area (Å²) in [7, 11) is -9.06. The van der Waals surface area contributed by atoms with Gasteiger partial charge in [0.15, 0.2) is 33.3 Å². The number of halogens is 9. The van der Waals surface area contributed by atoms with E-state index in [1.807, 2.05) is 37.3 Å². The molecule has 14 atom stereocenters. The SMILES string of the molecule is CC12COC(CCC/C=C\C[C@@H]3[C@@H](/C=C/[C@H](COc4cccc(C(F)(F)F)c4)O[Si](C)(C)C(C)(C)C)[C@H](O[Si](C)(C)C(C)(C)C)C[C@@H]3O)(OC1)OC2.CC12COC(CCC/C=C\C[C@H]3C(=O)C[C@@H](O[Si](C)(C)C(C)(C)C)[C@@H]3/C=C/[C@H](COc3cccc(C(F)(F)F)c3)O[Si](C)(C)C(C)(C)C)(OC1)OC2.C[C@H](/C=C/[C@@H]1[C@@H](C/C=C\CCCC(=O)O)[C@@H](O)C[C@H]1C)COc1cccc(C(F)(F)F)c1. The average Bonchev–Trinajstić information content (AvgIpc) is 1.31. The van der Waals surface area contributed by atoms with E-state index in [2.05, 4.69) is 199 Å². The Labute approximate surface area is 809 Å². The van der Waals surface area contributed by atoms with Gasteiger partial charge in [0, 0.05) is 60.2 Å². The van der Waals surface area contributed by atoms with E-state index in [0.717, 1.165) is 74.9 Å². The highest BCUT2D eigenvalue weighted by Gasteiger charge is 2.54. The Morgan fingerprint density at radius 3 is 1.19 bits per heavy atom. The van der Waals surface area contributed by atoms with Gasteiger partial charge >= 0.3 is 24.5 Å². The van der Waals surface area contributed by atoms with Crippen LogP contribution in [0.3, 0.4) is 0 Å². The lowest BCUT2D eigenvalue weighted by Gasteiger charge is -2.50. The minimum atomic E-state index is -4.47. The first-order chi connectivity index (χ1) is 62.8. The summed E-state index contributed by atoms with van der Waals surface area (Å²) in [5.74, 6) is -2.07. The number of hydrogen-bond donors (Lipinski definition) is 3. The molecule has 768 valence electrons. The molecule has 9 aliphatic rings. The van der Waals surface area contributed by atoms with Crippen molar-refractivity contribution in [3.05, 3.63) is 162 Å². The molecule has 12 rings (SSSR count). The molecule has 18 nitrogen and oxygen atoms in total. The topological polar surface area (TPSA) is 215 Å². The van der Waals surface area contributed by atoms with E-state index in [4.69, 9.17) is 65.4 Å². The number of rotatable bonds is 41. The summed E-state index contributed by atoms with van der Waals surface area (Å²) in [4.78, 5) is 24.2. The van der Waals surface area contributed by atoms with Gasteiger partial charge in [-0.1, -0.05) is 202 Å². The van der Waals surface area contributed by atoms with Crippen LogP contribution in [0, 0.1) is 58.2 Å². The standard InChI is InChI=1S/C40H65F3O7Si2.C40H63F3O7Si2.C25H33F3O4/c2*1-36(2,3)51(8,9)49-31(25-45-30-18-16-17-29(23-30)40(41,42)43)20-21-33-32(34(44)24-35(33)50-52(10,11)37(4,5)6)19-14-12-13-15-22-39-46-26-38(7,27-47-39)28-48-39;1-17(16-32-20-9-7-8-19(15-20)25(26,27)28)12-13-21-18(2)14-23(29)22(21)10-5-3-4-6-11-24(30)31/h12,14,16-18,20-21,23,31-35,44H,13,15,19,22,24-28H2,1-11H3;12,14,16-18,20-21,23,31-33,35H,13,15,19,22,24-28H2,1-11H3;3,5,7-9,12-13,15,17-18,21-23,29H,4,6,10-11,14,16H2,1-2H3,(H,30,31)/b2*14-12-,21-20+;5-3-,13-12+/t31-,32-,33-,34+,35-,38?,39?;31-,32-,33-,35-,38?,39?;17-,18-,21+,22-,23+/m111/s1. The van der Waals surface area contributed by atoms with Crippen molar-refractivity contribution in [1.29, 1.82) is 0 Å². The minimum Gasteiger partial charge on any atom is -0.493 e. The fourth-order valence-electron chi connectivity index (χ4n) is 16.7. The maximum Gasteiger partial charge on any atom is 0.416 e. The highest BCUT2D eigenvalue weighted by atomic mass is 28.4. The number of carboxylic acid groups (broad SMARTS) is 1. The molecule has 3 saturated carbocycles. The maximum absolute atomic E-state index is 13.7. The first kappa shape index (κ1) is 116. The zero-order chi connectivity index (χ0) is 101. The summed E-state index contributed by atoms with van der Waals surface area (Å²) >= 11 is 0. The van der Waals surface area contributed by atoms with Gasteiger partial charge < -0.3 is 75.7 Å². The Morgan fingerprint density at radius 1 is 0.463 bits per heavy atom. The Hall–Kier alpha value is -5.60. The van der Waals surface area contributed by atoms with Gasteiger partial charge in [0.2, 0.25) is 0 Å².